The molecule has 3 rings (SSSR count). The number of rotatable bonds is 10. The van der Waals surface area contributed by atoms with E-state index in [9.17, 15) is 19.5 Å². The van der Waals surface area contributed by atoms with Gasteiger partial charge in [0.1, 0.15) is 12.1 Å². The monoisotopic (exact) mass is 430 g/mol. The molecule has 1 heterocycles. The fourth-order valence-electron chi connectivity index (χ4n) is 4.99. The first-order valence-corrected chi connectivity index (χ1v) is 11.4. The number of amides is 1. The number of nitrogens with zero attached hydrogens (tertiary/aromatic N) is 1. The number of fused-ring (bicyclic) bond motifs is 1. The summed E-state index contributed by atoms with van der Waals surface area (Å²) >= 11 is 0. The van der Waals surface area contributed by atoms with Crippen molar-refractivity contribution in [3.8, 4) is 0 Å². The molecule has 0 bridgehead atoms. The van der Waals surface area contributed by atoms with Crippen molar-refractivity contribution in [2.45, 2.75) is 70.5 Å². The summed E-state index contributed by atoms with van der Waals surface area (Å²) in [5, 5.41) is 12.8. The molecule has 2 N–H and O–H groups in total. The third-order valence-corrected chi connectivity index (χ3v) is 6.61. The van der Waals surface area contributed by atoms with E-state index in [0.29, 0.717) is 31.9 Å². The molecule has 0 spiro atoms. The van der Waals surface area contributed by atoms with Crippen LogP contribution in [-0.2, 0) is 25.5 Å². The Balaban J connectivity index is 1.60. The van der Waals surface area contributed by atoms with Crippen LogP contribution in [0, 0.1) is 11.8 Å². The lowest BCUT2D eigenvalue weighted by molar-refractivity contribution is -0.151. The van der Waals surface area contributed by atoms with Gasteiger partial charge < -0.3 is 20.1 Å². The predicted molar refractivity (Wildman–Crippen MR) is 116 cm³/mol. The molecular formula is C24H34N2O5. The number of hydrogen-bond donors (Lipinski definition) is 2. The third kappa shape index (κ3) is 5.64. The summed E-state index contributed by atoms with van der Waals surface area (Å²) in [6.07, 6.45) is 4.75. The number of carbonyl (C=O) groups is 3. The maximum atomic E-state index is 13.2. The van der Waals surface area contributed by atoms with Crippen LogP contribution < -0.4 is 5.32 Å². The number of likely N-dealkylation sites (tertiary alicyclic amines) is 1. The molecule has 0 radical (unpaired) electrons. The van der Waals surface area contributed by atoms with E-state index < -0.39 is 24.0 Å². The molecule has 2 fully saturated rings. The smallest absolute Gasteiger partial charge is 0.326 e. The molecule has 1 aromatic carbocycles. The Morgan fingerprint density at radius 3 is 2.65 bits per heavy atom. The molecule has 0 aromatic heterocycles. The lowest BCUT2D eigenvalue weighted by atomic mass is 10.0. The number of carboxylic acids is 1. The summed E-state index contributed by atoms with van der Waals surface area (Å²) in [5.74, 6) is -1.51. The van der Waals surface area contributed by atoms with E-state index in [1.807, 2.05) is 30.3 Å². The highest BCUT2D eigenvalue weighted by molar-refractivity contribution is 5.86. The number of aliphatic carboxylic acids is 1. The largest absolute Gasteiger partial charge is 0.480 e. The number of benzene rings is 1. The van der Waals surface area contributed by atoms with Gasteiger partial charge in [0, 0.05) is 18.5 Å². The van der Waals surface area contributed by atoms with E-state index in [-0.39, 0.29) is 17.9 Å². The average molecular weight is 431 g/mol. The van der Waals surface area contributed by atoms with E-state index >= 15 is 0 Å². The van der Waals surface area contributed by atoms with Gasteiger partial charge in [0.25, 0.3) is 0 Å². The quantitative estimate of drug-likeness (QED) is 0.554. The van der Waals surface area contributed by atoms with Crippen LogP contribution >= 0.6 is 0 Å². The van der Waals surface area contributed by atoms with Crippen LogP contribution in [0.4, 0.5) is 0 Å². The van der Waals surface area contributed by atoms with Crippen molar-refractivity contribution in [2.75, 3.05) is 13.2 Å². The zero-order valence-electron chi connectivity index (χ0n) is 18.5. The van der Waals surface area contributed by atoms with Crippen LogP contribution in [0.1, 0.15) is 51.5 Å². The van der Waals surface area contributed by atoms with Gasteiger partial charge in [-0.15, -0.1) is 0 Å². The van der Waals surface area contributed by atoms with Crippen LogP contribution in [0.15, 0.2) is 30.3 Å². The Morgan fingerprint density at radius 2 is 1.97 bits per heavy atom. The number of carboxylic acid groups (broad SMARTS) is 1. The van der Waals surface area contributed by atoms with Crippen LogP contribution in [0.3, 0.4) is 0 Å². The van der Waals surface area contributed by atoms with Crippen LogP contribution in [-0.4, -0.2) is 59.1 Å². The van der Waals surface area contributed by atoms with Crippen molar-refractivity contribution >= 4 is 17.8 Å². The number of nitrogens with one attached hydrogen (secondary N) is 1. The summed E-state index contributed by atoms with van der Waals surface area (Å²) in [7, 11) is 0. The molecular weight excluding hydrogens is 396 g/mol. The van der Waals surface area contributed by atoms with Gasteiger partial charge in [-0.1, -0.05) is 43.7 Å². The third-order valence-electron chi connectivity index (χ3n) is 6.61. The molecule has 1 aliphatic heterocycles. The first-order chi connectivity index (χ1) is 14.9. The first-order valence-electron chi connectivity index (χ1n) is 11.4. The van der Waals surface area contributed by atoms with Gasteiger partial charge in [-0.05, 0) is 50.5 Å². The number of hydrogen-bond acceptors (Lipinski definition) is 5. The highest BCUT2D eigenvalue weighted by Gasteiger charge is 2.49. The lowest BCUT2D eigenvalue weighted by Gasteiger charge is -2.31. The highest BCUT2D eigenvalue weighted by Crippen LogP contribution is 2.41. The zero-order valence-corrected chi connectivity index (χ0v) is 18.5. The van der Waals surface area contributed by atoms with Gasteiger partial charge in [-0.25, -0.2) is 4.79 Å². The van der Waals surface area contributed by atoms with Crippen molar-refractivity contribution in [1.29, 1.82) is 0 Å². The molecule has 31 heavy (non-hydrogen) atoms. The van der Waals surface area contributed by atoms with Gasteiger partial charge in [0.2, 0.25) is 5.91 Å². The average Bonchev–Trinajstić information content (AvgIpc) is 3.35. The second kappa shape index (κ2) is 10.8. The van der Waals surface area contributed by atoms with Crippen LogP contribution in [0.25, 0.3) is 0 Å². The lowest BCUT2D eigenvalue weighted by Crippen LogP contribution is -2.50. The minimum Gasteiger partial charge on any atom is -0.480 e. The van der Waals surface area contributed by atoms with Crippen molar-refractivity contribution < 1.29 is 24.2 Å². The van der Waals surface area contributed by atoms with Crippen molar-refractivity contribution in [2.24, 2.45) is 11.8 Å². The van der Waals surface area contributed by atoms with E-state index in [2.05, 4.69) is 5.32 Å². The second-order valence-electron chi connectivity index (χ2n) is 8.73. The molecule has 0 unspecified atom stereocenters. The van der Waals surface area contributed by atoms with Crippen molar-refractivity contribution in [1.82, 2.24) is 10.2 Å². The van der Waals surface area contributed by atoms with E-state index in [1.54, 1.807) is 18.7 Å². The Labute approximate surface area is 184 Å². The molecule has 1 saturated carbocycles. The number of aryl methyl sites for hydroxylation is 1. The Hall–Kier alpha value is -2.41. The standard InChI is InChI=1S/C24H34N2O5/c1-3-31-24(30)19(13-12-17-8-5-4-6-9-17)25-15-16(2)22(27)26-20-11-7-10-18(20)14-21(26)23(28)29/h4-6,8-9,16,18-21,25H,3,7,10-15H2,1-2H3,(H,28,29)/t16-,18+,19+,20+,21+/m1/s1. The number of esters is 1. The molecule has 1 amide bonds. The van der Waals surface area contributed by atoms with Crippen molar-refractivity contribution in [3.05, 3.63) is 35.9 Å². The predicted octanol–water partition coefficient (Wildman–Crippen LogP) is 2.63. The summed E-state index contributed by atoms with van der Waals surface area (Å²) in [4.78, 5) is 39.0. The second-order valence-corrected chi connectivity index (χ2v) is 8.73. The summed E-state index contributed by atoms with van der Waals surface area (Å²) in [6.45, 7) is 4.18. The van der Waals surface area contributed by atoms with E-state index in [1.165, 1.54) is 0 Å². The van der Waals surface area contributed by atoms with Gasteiger partial charge in [0.05, 0.1) is 6.61 Å². The van der Waals surface area contributed by atoms with Gasteiger partial charge in [-0.3, -0.25) is 9.59 Å². The molecule has 7 heteroatoms. The normalized spacial score (nSPS) is 24.5. The topological polar surface area (TPSA) is 95.9 Å². The Kier molecular flexibility index (Phi) is 8.07. The zero-order chi connectivity index (χ0) is 22.4. The molecule has 2 aliphatic rings. The first kappa shape index (κ1) is 23.3. The molecule has 5 atom stereocenters. The molecule has 1 aliphatic carbocycles. The SMILES string of the molecule is CCOC(=O)[C@H](CCc1ccccc1)NC[C@@H](C)C(=O)N1[C@H](C(=O)O)C[C@@H]2CCC[C@@H]21. The Morgan fingerprint density at radius 1 is 1.23 bits per heavy atom. The highest BCUT2D eigenvalue weighted by atomic mass is 16.5. The number of ether oxygens (including phenoxy) is 1. The molecule has 7 nitrogen and oxygen atoms in total. The maximum absolute atomic E-state index is 13.2. The van der Waals surface area contributed by atoms with Gasteiger partial charge in [0.15, 0.2) is 0 Å². The molecule has 1 aromatic rings. The fourth-order valence-corrected chi connectivity index (χ4v) is 4.99. The van der Waals surface area contributed by atoms with Gasteiger partial charge >= 0.3 is 11.9 Å². The maximum Gasteiger partial charge on any atom is 0.326 e. The minimum absolute atomic E-state index is 0.0370. The summed E-state index contributed by atoms with van der Waals surface area (Å²) < 4.78 is 5.22. The molecule has 1 saturated heterocycles. The van der Waals surface area contributed by atoms with E-state index in [0.717, 1.165) is 31.2 Å². The molecule has 170 valence electrons. The summed E-state index contributed by atoms with van der Waals surface area (Å²) in [6, 6.07) is 8.72. The van der Waals surface area contributed by atoms with Crippen LogP contribution in [0.5, 0.6) is 0 Å². The van der Waals surface area contributed by atoms with Crippen molar-refractivity contribution in [3.63, 3.8) is 0 Å². The minimum atomic E-state index is -0.921. The fraction of sp³-hybridized carbons (Fsp3) is 0.625. The number of carbonyl (C=O) groups excluding carboxylic acids is 2. The summed E-state index contributed by atoms with van der Waals surface area (Å²) in [5.41, 5.74) is 1.14. The Bertz CT molecular complexity index is 768. The van der Waals surface area contributed by atoms with Crippen LogP contribution in [0.2, 0.25) is 0 Å². The van der Waals surface area contributed by atoms with E-state index in [4.69, 9.17) is 4.74 Å². The van der Waals surface area contributed by atoms with Gasteiger partial charge in [-0.2, -0.15) is 0 Å².